The number of rotatable bonds is 6. The van der Waals surface area contributed by atoms with Gasteiger partial charge in [-0.1, -0.05) is 32.6 Å². The van der Waals surface area contributed by atoms with Crippen molar-refractivity contribution in [1.82, 2.24) is 10.2 Å². The molecule has 7 nitrogen and oxygen atoms in total. The molecule has 2 heterocycles. The largest absolute Gasteiger partial charge is 0.482 e. The van der Waals surface area contributed by atoms with Crippen LogP contribution < -0.4 is 5.32 Å². The molecular formula is C27H36BFN2O5. The van der Waals surface area contributed by atoms with E-state index in [1.165, 1.54) is 18.2 Å². The molecule has 6 rings (SSSR count). The van der Waals surface area contributed by atoms with Crippen molar-refractivity contribution in [3.8, 4) is 0 Å². The Morgan fingerprint density at radius 1 is 1.31 bits per heavy atom. The summed E-state index contributed by atoms with van der Waals surface area (Å²) in [6.07, 6.45) is 4.22. The number of ether oxygens (including phenoxy) is 1. The normalized spacial score (nSPS) is 33.2. The number of likely N-dealkylation sites (tertiary alicyclic amines) is 1. The summed E-state index contributed by atoms with van der Waals surface area (Å²) in [6.45, 7) is 11.3. The number of nitrogens with one attached hydrogen (secondary N) is 1. The van der Waals surface area contributed by atoms with Gasteiger partial charge in [-0.05, 0) is 80.1 Å². The van der Waals surface area contributed by atoms with Gasteiger partial charge in [0.1, 0.15) is 11.9 Å². The Hall–Kier alpha value is -2.39. The van der Waals surface area contributed by atoms with E-state index in [4.69, 9.17) is 14.0 Å². The van der Waals surface area contributed by atoms with E-state index in [9.17, 15) is 14.0 Å². The second-order valence-corrected chi connectivity index (χ2v) is 11.6. The van der Waals surface area contributed by atoms with Crippen molar-refractivity contribution in [3.63, 3.8) is 0 Å². The van der Waals surface area contributed by atoms with Crippen LogP contribution in [0.25, 0.3) is 0 Å². The number of nitrogens with zero attached hydrogens (tertiary/aromatic N) is 1. The SMILES string of the molecule is C=CC(=O)N1CCCC(OC(=O)NC(Cc2ccc(F)cc2)B2OC3CC4CC(C4(C)C)[C@]3(C)O2)C1. The smallest absolute Gasteiger partial charge is 0.444 e. The summed E-state index contributed by atoms with van der Waals surface area (Å²) in [5.41, 5.74) is 0.654. The molecule has 9 heteroatoms. The van der Waals surface area contributed by atoms with E-state index < -0.39 is 30.9 Å². The Kier molecular flexibility index (Phi) is 6.66. The van der Waals surface area contributed by atoms with E-state index in [0.29, 0.717) is 37.8 Å². The molecule has 5 fully saturated rings. The van der Waals surface area contributed by atoms with E-state index in [0.717, 1.165) is 24.8 Å². The number of halogens is 1. The van der Waals surface area contributed by atoms with E-state index in [1.807, 2.05) is 0 Å². The van der Waals surface area contributed by atoms with Crippen LogP contribution in [0.4, 0.5) is 9.18 Å². The number of carbonyl (C=O) groups excluding carboxylic acids is 2. The number of carbonyl (C=O) groups is 2. The van der Waals surface area contributed by atoms with E-state index in [-0.39, 0.29) is 23.2 Å². The molecular weight excluding hydrogens is 462 g/mol. The lowest BCUT2D eigenvalue weighted by Crippen LogP contribution is -2.65. The standard InChI is InChI=1S/C27H36BFN2O5/c1-5-24(32)31-12-6-7-20(16-31)34-25(33)30-23(13-17-8-10-19(29)11-9-17)28-35-22-15-18-14-21(26(18,2)3)27(22,4)36-28/h5,8-11,18,20-23H,1,6-7,12-16H2,2-4H3,(H,30,33)/t18?,20?,21?,22?,23?,27-/m0/s1. The molecule has 3 saturated carbocycles. The van der Waals surface area contributed by atoms with Crippen molar-refractivity contribution in [2.45, 2.75) is 76.6 Å². The van der Waals surface area contributed by atoms with Crippen LogP contribution >= 0.6 is 0 Å². The van der Waals surface area contributed by atoms with Gasteiger partial charge in [-0.2, -0.15) is 0 Å². The average molecular weight is 498 g/mol. The van der Waals surface area contributed by atoms with Gasteiger partial charge in [0.25, 0.3) is 0 Å². The summed E-state index contributed by atoms with van der Waals surface area (Å²) in [7, 11) is -0.641. The van der Waals surface area contributed by atoms with Crippen LogP contribution in [-0.4, -0.2) is 60.9 Å². The maximum Gasteiger partial charge on any atom is 0.482 e. The molecule has 0 radical (unpaired) electrons. The second kappa shape index (κ2) is 9.49. The van der Waals surface area contributed by atoms with Gasteiger partial charge in [-0.3, -0.25) is 4.79 Å². The van der Waals surface area contributed by atoms with Gasteiger partial charge in [-0.25, -0.2) is 9.18 Å². The summed E-state index contributed by atoms with van der Waals surface area (Å²) in [5.74, 6) is 0.0206. The molecule has 36 heavy (non-hydrogen) atoms. The van der Waals surface area contributed by atoms with Crippen LogP contribution in [0.15, 0.2) is 36.9 Å². The minimum atomic E-state index is -0.641. The zero-order valence-corrected chi connectivity index (χ0v) is 21.4. The first-order valence-electron chi connectivity index (χ1n) is 13.1. The third-order valence-corrected chi connectivity index (χ3v) is 9.11. The highest BCUT2D eigenvalue weighted by atomic mass is 19.1. The molecule has 2 aliphatic heterocycles. The number of hydrogen-bond acceptors (Lipinski definition) is 5. The molecule has 3 aliphatic carbocycles. The highest BCUT2D eigenvalue weighted by Crippen LogP contribution is 2.65. The lowest BCUT2D eigenvalue weighted by Gasteiger charge is -2.64. The highest BCUT2D eigenvalue weighted by molar-refractivity contribution is 6.47. The summed E-state index contributed by atoms with van der Waals surface area (Å²) < 4.78 is 32.3. The molecule has 1 aromatic carbocycles. The van der Waals surface area contributed by atoms with Crippen LogP contribution in [0.2, 0.25) is 0 Å². The molecule has 2 saturated heterocycles. The van der Waals surface area contributed by atoms with E-state index in [1.54, 1.807) is 17.0 Å². The molecule has 6 atom stereocenters. The van der Waals surface area contributed by atoms with Crippen LogP contribution in [0, 0.1) is 23.1 Å². The third kappa shape index (κ3) is 4.56. The molecule has 1 N–H and O–H groups in total. The number of alkyl carbamates (subject to hydrolysis) is 1. The minimum absolute atomic E-state index is 0.0235. The third-order valence-electron chi connectivity index (χ3n) is 9.11. The first kappa shape index (κ1) is 25.3. The topological polar surface area (TPSA) is 77.1 Å². The zero-order chi connectivity index (χ0) is 25.7. The van der Waals surface area contributed by atoms with Gasteiger partial charge < -0.3 is 24.3 Å². The van der Waals surface area contributed by atoms with Crippen LogP contribution in [0.1, 0.15) is 52.0 Å². The van der Waals surface area contributed by atoms with Gasteiger partial charge in [-0.15, -0.1) is 0 Å². The lowest BCUT2D eigenvalue weighted by molar-refractivity contribution is -0.199. The lowest BCUT2D eigenvalue weighted by atomic mass is 9.43. The van der Waals surface area contributed by atoms with Crippen LogP contribution in [0.5, 0.6) is 0 Å². The van der Waals surface area contributed by atoms with Crippen LogP contribution in [0.3, 0.4) is 0 Å². The molecule has 5 aliphatic rings. The summed E-state index contributed by atoms with van der Waals surface area (Å²) >= 11 is 0. The van der Waals surface area contributed by atoms with Gasteiger partial charge >= 0.3 is 13.2 Å². The fourth-order valence-electron chi connectivity index (χ4n) is 6.86. The molecule has 5 unspecified atom stereocenters. The molecule has 0 spiro atoms. The Morgan fingerprint density at radius 3 is 2.75 bits per heavy atom. The van der Waals surface area contributed by atoms with Crippen molar-refractivity contribution in [3.05, 3.63) is 48.3 Å². The Labute approximate surface area is 212 Å². The fraction of sp³-hybridized carbons (Fsp3) is 0.630. The monoisotopic (exact) mass is 498 g/mol. The fourth-order valence-corrected chi connectivity index (χ4v) is 6.86. The van der Waals surface area contributed by atoms with Crippen molar-refractivity contribution < 1.29 is 28.0 Å². The van der Waals surface area contributed by atoms with Crippen molar-refractivity contribution in [2.24, 2.45) is 17.3 Å². The predicted octanol–water partition coefficient (Wildman–Crippen LogP) is 3.91. The molecule has 1 aromatic rings. The molecule has 2 bridgehead atoms. The summed E-state index contributed by atoms with van der Waals surface area (Å²) in [6, 6.07) is 6.23. The number of amides is 2. The highest BCUT2D eigenvalue weighted by Gasteiger charge is 2.68. The van der Waals surface area contributed by atoms with Gasteiger partial charge in [0.15, 0.2) is 0 Å². The summed E-state index contributed by atoms with van der Waals surface area (Å²) in [4.78, 5) is 26.7. The molecule has 194 valence electrons. The Bertz CT molecular complexity index is 1020. The van der Waals surface area contributed by atoms with Crippen molar-refractivity contribution in [1.29, 1.82) is 0 Å². The van der Waals surface area contributed by atoms with Gasteiger partial charge in [0, 0.05) is 6.54 Å². The molecule has 2 amide bonds. The minimum Gasteiger partial charge on any atom is -0.444 e. The number of hydrogen-bond donors (Lipinski definition) is 1. The maximum absolute atomic E-state index is 13.5. The Morgan fingerprint density at radius 2 is 2.06 bits per heavy atom. The van der Waals surface area contributed by atoms with E-state index in [2.05, 4.69) is 32.7 Å². The maximum atomic E-state index is 13.5. The Balaban J connectivity index is 1.29. The second-order valence-electron chi connectivity index (χ2n) is 11.6. The first-order valence-corrected chi connectivity index (χ1v) is 13.1. The van der Waals surface area contributed by atoms with E-state index >= 15 is 0 Å². The average Bonchev–Trinajstić information content (AvgIpc) is 3.21. The van der Waals surface area contributed by atoms with Crippen molar-refractivity contribution >= 4 is 19.1 Å². The number of piperidine rings is 1. The predicted molar refractivity (Wildman–Crippen MR) is 133 cm³/mol. The van der Waals surface area contributed by atoms with Crippen LogP contribution in [-0.2, 0) is 25.3 Å². The van der Waals surface area contributed by atoms with Crippen molar-refractivity contribution in [2.75, 3.05) is 13.1 Å². The molecule has 0 aromatic heterocycles. The quantitative estimate of drug-likeness (QED) is 0.476. The summed E-state index contributed by atoms with van der Waals surface area (Å²) in [5, 5.41) is 2.97. The van der Waals surface area contributed by atoms with Gasteiger partial charge in [0.2, 0.25) is 5.91 Å². The zero-order valence-electron chi connectivity index (χ0n) is 21.4. The number of benzene rings is 1. The first-order chi connectivity index (χ1) is 17.1. The van der Waals surface area contributed by atoms with Gasteiger partial charge in [0.05, 0.1) is 24.2 Å².